The van der Waals surface area contributed by atoms with Crippen molar-refractivity contribution in [1.29, 1.82) is 0 Å². The van der Waals surface area contributed by atoms with Crippen LogP contribution in [0.25, 0.3) is 22.0 Å². The first-order valence-corrected chi connectivity index (χ1v) is 8.85. The van der Waals surface area contributed by atoms with Crippen molar-refractivity contribution >= 4 is 39.8 Å². The number of carbonyl (C=O) groups is 1. The Hall–Kier alpha value is -3.37. The standard InChI is InChI=1S/C22H16ClN3O/c23-20-11-10-17(26-22(27)25-16-7-2-1-3-8-16)14-19(20)21-18-9-5-4-6-15(18)12-13-24-21/h1-14H,(H2,25,26,27). The number of aromatic nitrogens is 1. The largest absolute Gasteiger partial charge is 0.323 e. The average molecular weight is 374 g/mol. The summed E-state index contributed by atoms with van der Waals surface area (Å²) < 4.78 is 0. The molecule has 3 aromatic carbocycles. The predicted octanol–water partition coefficient (Wildman–Crippen LogP) is 6.20. The number of amides is 2. The summed E-state index contributed by atoms with van der Waals surface area (Å²) in [6.45, 7) is 0. The van der Waals surface area contributed by atoms with Crippen LogP contribution in [0.1, 0.15) is 0 Å². The summed E-state index contributed by atoms with van der Waals surface area (Å²) in [4.78, 5) is 16.8. The summed E-state index contributed by atoms with van der Waals surface area (Å²) in [5.41, 5.74) is 2.91. The van der Waals surface area contributed by atoms with Crippen LogP contribution in [0.3, 0.4) is 0 Å². The molecule has 0 unspecified atom stereocenters. The monoisotopic (exact) mass is 373 g/mol. The van der Waals surface area contributed by atoms with E-state index in [0.717, 1.165) is 27.7 Å². The van der Waals surface area contributed by atoms with E-state index in [0.29, 0.717) is 10.7 Å². The summed E-state index contributed by atoms with van der Waals surface area (Å²) >= 11 is 6.43. The van der Waals surface area contributed by atoms with E-state index in [2.05, 4.69) is 15.6 Å². The van der Waals surface area contributed by atoms with Crippen LogP contribution in [0.2, 0.25) is 5.02 Å². The molecule has 0 aliphatic carbocycles. The molecule has 4 nitrogen and oxygen atoms in total. The van der Waals surface area contributed by atoms with Crippen LogP contribution in [-0.4, -0.2) is 11.0 Å². The van der Waals surface area contributed by atoms with Gasteiger partial charge in [0.2, 0.25) is 0 Å². The van der Waals surface area contributed by atoms with Gasteiger partial charge in [-0.15, -0.1) is 0 Å². The van der Waals surface area contributed by atoms with Gasteiger partial charge in [0.05, 0.1) is 10.7 Å². The van der Waals surface area contributed by atoms with Gasteiger partial charge < -0.3 is 10.6 Å². The molecule has 0 atom stereocenters. The molecule has 0 bridgehead atoms. The number of rotatable bonds is 3. The Balaban J connectivity index is 1.64. The van der Waals surface area contributed by atoms with Crippen LogP contribution in [-0.2, 0) is 0 Å². The Kier molecular flexibility index (Phi) is 4.73. The van der Waals surface area contributed by atoms with Crippen LogP contribution in [0, 0.1) is 0 Å². The Morgan fingerprint density at radius 3 is 2.41 bits per heavy atom. The molecule has 1 aromatic heterocycles. The lowest BCUT2D eigenvalue weighted by Gasteiger charge is -2.11. The molecule has 0 aliphatic heterocycles. The van der Waals surface area contributed by atoms with Gasteiger partial charge in [0, 0.05) is 28.5 Å². The zero-order chi connectivity index (χ0) is 18.6. The van der Waals surface area contributed by atoms with Crippen LogP contribution in [0.4, 0.5) is 16.2 Å². The third kappa shape index (κ3) is 3.76. The fraction of sp³-hybridized carbons (Fsp3) is 0. The molecule has 0 saturated carbocycles. The minimum atomic E-state index is -0.319. The molecule has 4 rings (SSSR count). The second-order valence-electron chi connectivity index (χ2n) is 6.02. The van der Waals surface area contributed by atoms with E-state index in [1.54, 1.807) is 18.3 Å². The lowest BCUT2D eigenvalue weighted by Crippen LogP contribution is -2.19. The summed E-state index contributed by atoms with van der Waals surface area (Å²) in [6, 6.07) is 24.3. The number of nitrogens with one attached hydrogen (secondary N) is 2. The number of halogens is 1. The molecular weight excluding hydrogens is 358 g/mol. The molecule has 0 aliphatic rings. The van der Waals surface area contributed by atoms with Gasteiger partial charge in [-0.1, -0.05) is 54.1 Å². The zero-order valence-corrected chi connectivity index (χ0v) is 15.1. The highest BCUT2D eigenvalue weighted by molar-refractivity contribution is 6.33. The number of para-hydroxylation sites is 1. The molecule has 132 valence electrons. The topological polar surface area (TPSA) is 54.0 Å². The second-order valence-corrected chi connectivity index (χ2v) is 6.43. The number of fused-ring (bicyclic) bond motifs is 1. The van der Waals surface area contributed by atoms with Gasteiger partial charge in [0.1, 0.15) is 0 Å². The van der Waals surface area contributed by atoms with Crippen molar-refractivity contribution < 1.29 is 4.79 Å². The lowest BCUT2D eigenvalue weighted by atomic mass is 10.0. The van der Waals surface area contributed by atoms with Gasteiger partial charge in [0.15, 0.2) is 0 Å². The molecule has 27 heavy (non-hydrogen) atoms. The van der Waals surface area contributed by atoms with Crippen molar-refractivity contribution in [3.8, 4) is 11.3 Å². The maximum absolute atomic E-state index is 12.3. The highest BCUT2D eigenvalue weighted by atomic mass is 35.5. The first-order valence-electron chi connectivity index (χ1n) is 8.47. The zero-order valence-electron chi connectivity index (χ0n) is 14.3. The quantitative estimate of drug-likeness (QED) is 0.449. The van der Waals surface area contributed by atoms with E-state index in [1.807, 2.05) is 66.7 Å². The molecule has 4 aromatic rings. The van der Waals surface area contributed by atoms with Gasteiger partial charge in [-0.05, 0) is 41.8 Å². The molecule has 1 heterocycles. The summed E-state index contributed by atoms with van der Waals surface area (Å²) in [5, 5.41) is 8.30. The molecular formula is C22H16ClN3O. The number of pyridine rings is 1. The highest BCUT2D eigenvalue weighted by Gasteiger charge is 2.11. The van der Waals surface area contributed by atoms with Crippen LogP contribution in [0.15, 0.2) is 85.1 Å². The number of nitrogens with zero attached hydrogens (tertiary/aromatic N) is 1. The van der Waals surface area contributed by atoms with Crippen molar-refractivity contribution in [3.05, 3.63) is 90.1 Å². The van der Waals surface area contributed by atoms with E-state index < -0.39 is 0 Å². The van der Waals surface area contributed by atoms with Gasteiger partial charge in [-0.2, -0.15) is 0 Å². The summed E-state index contributed by atoms with van der Waals surface area (Å²) in [6.07, 6.45) is 1.76. The predicted molar refractivity (Wildman–Crippen MR) is 111 cm³/mol. The minimum Gasteiger partial charge on any atom is -0.308 e. The molecule has 0 spiro atoms. The molecule has 2 amide bonds. The number of benzene rings is 3. The van der Waals surface area contributed by atoms with E-state index in [4.69, 9.17) is 11.6 Å². The van der Waals surface area contributed by atoms with E-state index >= 15 is 0 Å². The molecule has 5 heteroatoms. The van der Waals surface area contributed by atoms with Crippen LogP contribution in [0.5, 0.6) is 0 Å². The van der Waals surface area contributed by atoms with Crippen molar-refractivity contribution in [2.75, 3.05) is 10.6 Å². The lowest BCUT2D eigenvalue weighted by molar-refractivity contribution is 0.262. The van der Waals surface area contributed by atoms with E-state index in [1.165, 1.54) is 0 Å². The van der Waals surface area contributed by atoms with E-state index in [9.17, 15) is 4.79 Å². The molecule has 0 radical (unpaired) electrons. The third-order valence-corrected chi connectivity index (χ3v) is 4.51. The van der Waals surface area contributed by atoms with Crippen LogP contribution >= 0.6 is 11.6 Å². The Labute approximate surface area is 161 Å². The normalized spacial score (nSPS) is 10.6. The number of hydrogen-bond acceptors (Lipinski definition) is 2. The summed E-state index contributed by atoms with van der Waals surface area (Å²) in [5.74, 6) is 0. The Bertz CT molecular complexity index is 1110. The number of urea groups is 1. The van der Waals surface area contributed by atoms with Crippen molar-refractivity contribution in [2.24, 2.45) is 0 Å². The highest BCUT2D eigenvalue weighted by Crippen LogP contribution is 2.33. The Morgan fingerprint density at radius 1 is 0.815 bits per heavy atom. The number of anilines is 2. The second kappa shape index (κ2) is 7.48. The smallest absolute Gasteiger partial charge is 0.308 e. The fourth-order valence-electron chi connectivity index (χ4n) is 2.93. The SMILES string of the molecule is O=C(Nc1ccccc1)Nc1ccc(Cl)c(-c2nccc3ccccc23)c1. The van der Waals surface area contributed by atoms with Gasteiger partial charge >= 0.3 is 6.03 Å². The summed E-state index contributed by atoms with van der Waals surface area (Å²) in [7, 11) is 0. The van der Waals surface area contributed by atoms with Crippen LogP contribution < -0.4 is 10.6 Å². The molecule has 0 saturated heterocycles. The molecule has 0 fully saturated rings. The average Bonchev–Trinajstić information content (AvgIpc) is 2.70. The number of carbonyl (C=O) groups excluding carboxylic acids is 1. The maximum atomic E-state index is 12.3. The van der Waals surface area contributed by atoms with Crippen molar-refractivity contribution in [1.82, 2.24) is 4.98 Å². The maximum Gasteiger partial charge on any atom is 0.323 e. The van der Waals surface area contributed by atoms with Crippen molar-refractivity contribution in [2.45, 2.75) is 0 Å². The fourth-order valence-corrected chi connectivity index (χ4v) is 3.14. The van der Waals surface area contributed by atoms with Crippen molar-refractivity contribution in [3.63, 3.8) is 0 Å². The van der Waals surface area contributed by atoms with Gasteiger partial charge in [0.25, 0.3) is 0 Å². The molecule has 2 N–H and O–H groups in total. The first kappa shape index (κ1) is 17.1. The number of hydrogen-bond donors (Lipinski definition) is 2. The van der Waals surface area contributed by atoms with Gasteiger partial charge in [-0.25, -0.2) is 4.79 Å². The minimum absolute atomic E-state index is 0.319. The first-order chi connectivity index (χ1) is 13.2. The Morgan fingerprint density at radius 2 is 1.56 bits per heavy atom. The van der Waals surface area contributed by atoms with E-state index in [-0.39, 0.29) is 6.03 Å². The van der Waals surface area contributed by atoms with Gasteiger partial charge in [-0.3, -0.25) is 4.98 Å². The third-order valence-electron chi connectivity index (χ3n) is 4.18.